The Kier molecular flexibility index (Phi) is 4.62. The largest absolute Gasteiger partial charge is 0.330 e. The van der Waals surface area contributed by atoms with Crippen LogP contribution < -0.4 is 5.73 Å². The molecule has 0 bridgehead atoms. The molecule has 0 amide bonds. The van der Waals surface area contributed by atoms with E-state index in [1.165, 1.54) is 37.7 Å². The normalized spacial score (nSPS) is 17.9. The van der Waals surface area contributed by atoms with Crippen LogP contribution in [0.4, 0.5) is 4.39 Å². The quantitative estimate of drug-likeness (QED) is 0.843. The van der Waals surface area contributed by atoms with Gasteiger partial charge < -0.3 is 5.73 Å². The van der Waals surface area contributed by atoms with E-state index in [0.29, 0.717) is 5.41 Å². The van der Waals surface area contributed by atoms with Crippen molar-refractivity contribution in [1.82, 2.24) is 0 Å². The highest BCUT2D eigenvalue weighted by Crippen LogP contribution is 2.44. The van der Waals surface area contributed by atoms with Crippen molar-refractivity contribution < 1.29 is 4.39 Å². The average Bonchev–Trinajstić information content (AvgIpc) is 2.77. The summed E-state index contributed by atoms with van der Waals surface area (Å²) in [4.78, 5) is 0. The van der Waals surface area contributed by atoms with Gasteiger partial charge >= 0.3 is 0 Å². The van der Waals surface area contributed by atoms with Gasteiger partial charge in [-0.2, -0.15) is 0 Å². The SMILES string of the molecule is Cc1cc(F)cc(C)c1CCC1(CCN)CCCC1. The maximum Gasteiger partial charge on any atom is 0.123 e. The second-order valence-corrected chi connectivity index (χ2v) is 6.26. The van der Waals surface area contributed by atoms with Crippen LogP contribution in [0.2, 0.25) is 0 Å². The number of benzene rings is 1. The highest BCUT2D eigenvalue weighted by molar-refractivity contribution is 5.34. The third-order valence-corrected chi connectivity index (χ3v) is 4.91. The van der Waals surface area contributed by atoms with Crippen molar-refractivity contribution >= 4 is 0 Å². The molecule has 1 aromatic rings. The molecule has 0 unspecified atom stereocenters. The summed E-state index contributed by atoms with van der Waals surface area (Å²) in [7, 11) is 0. The molecule has 19 heavy (non-hydrogen) atoms. The molecule has 0 aromatic heterocycles. The number of nitrogens with two attached hydrogens (primary N) is 1. The zero-order valence-electron chi connectivity index (χ0n) is 12.3. The Morgan fingerprint density at radius 3 is 2.21 bits per heavy atom. The van der Waals surface area contributed by atoms with E-state index in [1.54, 1.807) is 12.1 Å². The van der Waals surface area contributed by atoms with Crippen LogP contribution in [0.25, 0.3) is 0 Å². The molecule has 2 heteroatoms. The van der Waals surface area contributed by atoms with Crippen molar-refractivity contribution in [2.75, 3.05) is 6.54 Å². The number of hydrogen-bond donors (Lipinski definition) is 1. The first-order chi connectivity index (χ1) is 9.06. The molecule has 0 radical (unpaired) electrons. The zero-order chi connectivity index (χ0) is 13.9. The second kappa shape index (κ2) is 6.04. The summed E-state index contributed by atoms with van der Waals surface area (Å²) < 4.78 is 13.3. The standard InChI is InChI=1S/C17H26FN/c1-13-11-15(18)12-14(2)16(13)5-8-17(9-10-19)6-3-4-7-17/h11-12H,3-10,19H2,1-2H3. The highest BCUT2D eigenvalue weighted by atomic mass is 19.1. The number of hydrogen-bond acceptors (Lipinski definition) is 1. The van der Waals surface area contributed by atoms with E-state index < -0.39 is 0 Å². The molecule has 1 aromatic carbocycles. The van der Waals surface area contributed by atoms with Crippen molar-refractivity contribution in [3.63, 3.8) is 0 Å². The minimum atomic E-state index is -0.115. The van der Waals surface area contributed by atoms with Gasteiger partial charge in [-0.1, -0.05) is 12.8 Å². The maximum atomic E-state index is 13.3. The molecule has 1 fully saturated rings. The molecule has 1 saturated carbocycles. The van der Waals surface area contributed by atoms with Crippen molar-refractivity contribution in [1.29, 1.82) is 0 Å². The van der Waals surface area contributed by atoms with Crippen molar-refractivity contribution in [3.05, 3.63) is 34.6 Å². The van der Waals surface area contributed by atoms with Gasteiger partial charge in [-0.3, -0.25) is 0 Å². The van der Waals surface area contributed by atoms with Gasteiger partial charge in [0.1, 0.15) is 5.82 Å². The smallest absolute Gasteiger partial charge is 0.123 e. The van der Waals surface area contributed by atoms with Crippen molar-refractivity contribution in [3.8, 4) is 0 Å². The monoisotopic (exact) mass is 263 g/mol. The van der Waals surface area contributed by atoms with Crippen LogP contribution in [0, 0.1) is 25.1 Å². The van der Waals surface area contributed by atoms with E-state index in [4.69, 9.17) is 5.73 Å². The molecule has 0 atom stereocenters. The molecule has 0 heterocycles. The predicted molar refractivity (Wildman–Crippen MR) is 78.8 cm³/mol. The molecule has 106 valence electrons. The first-order valence-corrected chi connectivity index (χ1v) is 7.52. The Bertz CT molecular complexity index is 410. The minimum absolute atomic E-state index is 0.115. The maximum absolute atomic E-state index is 13.3. The third-order valence-electron chi connectivity index (χ3n) is 4.91. The van der Waals surface area contributed by atoms with Gasteiger partial charge in [-0.15, -0.1) is 0 Å². The lowest BCUT2D eigenvalue weighted by molar-refractivity contribution is 0.253. The van der Waals surface area contributed by atoms with Gasteiger partial charge in [-0.05, 0) is 86.7 Å². The van der Waals surface area contributed by atoms with E-state index >= 15 is 0 Å². The summed E-state index contributed by atoms with van der Waals surface area (Å²) in [5, 5.41) is 0. The highest BCUT2D eigenvalue weighted by Gasteiger charge is 2.32. The van der Waals surface area contributed by atoms with Crippen molar-refractivity contribution in [2.45, 2.75) is 58.8 Å². The fourth-order valence-electron chi connectivity index (χ4n) is 3.78. The topological polar surface area (TPSA) is 26.0 Å². The lowest BCUT2D eigenvalue weighted by atomic mass is 9.77. The van der Waals surface area contributed by atoms with Crippen LogP contribution in [0.3, 0.4) is 0 Å². The lowest BCUT2D eigenvalue weighted by Gasteiger charge is -2.29. The molecule has 0 aliphatic heterocycles. The summed E-state index contributed by atoms with van der Waals surface area (Å²) in [5.41, 5.74) is 9.78. The van der Waals surface area contributed by atoms with E-state index in [-0.39, 0.29) is 5.82 Å². The van der Waals surface area contributed by atoms with Gasteiger partial charge in [0.15, 0.2) is 0 Å². The molecule has 0 saturated heterocycles. The van der Waals surface area contributed by atoms with Crippen LogP contribution in [0.5, 0.6) is 0 Å². The van der Waals surface area contributed by atoms with Gasteiger partial charge in [-0.25, -0.2) is 4.39 Å². The molecular weight excluding hydrogens is 237 g/mol. The van der Waals surface area contributed by atoms with Crippen LogP contribution in [0.1, 0.15) is 55.2 Å². The van der Waals surface area contributed by atoms with Gasteiger partial charge in [0.25, 0.3) is 0 Å². The van der Waals surface area contributed by atoms with Crippen LogP contribution in [-0.2, 0) is 6.42 Å². The van der Waals surface area contributed by atoms with Crippen molar-refractivity contribution in [2.24, 2.45) is 11.1 Å². The Balaban J connectivity index is 2.09. The first kappa shape index (κ1) is 14.5. The van der Waals surface area contributed by atoms with E-state index in [1.807, 2.05) is 13.8 Å². The van der Waals surface area contributed by atoms with E-state index in [9.17, 15) is 4.39 Å². The van der Waals surface area contributed by atoms with Crippen LogP contribution in [0.15, 0.2) is 12.1 Å². The lowest BCUT2D eigenvalue weighted by Crippen LogP contribution is -2.22. The Morgan fingerprint density at radius 2 is 1.68 bits per heavy atom. The molecule has 1 nitrogen and oxygen atoms in total. The number of aryl methyl sites for hydroxylation is 2. The molecule has 1 aliphatic carbocycles. The summed E-state index contributed by atoms with van der Waals surface area (Å²) >= 11 is 0. The Morgan fingerprint density at radius 1 is 1.11 bits per heavy atom. The second-order valence-electron chi connectivity index (χ2n) is 6.26. The Hall–Kier alpha value is -0.890. The van der Waals surface area contributed by atoms with Crippen LogP contribution in [-0.4, -0.2) is 6.54 Å². The summed E-state index contributed by atoms with van der Waals surface area (Å²) in [5.74, 6) is -0.115. The van der Waals surface area contributed by atoms with E-state index in [0.717, 1.165) is 30.5 Å². The fourth-order valence-corrected chi connectivity index (χ4v) is 3.78. The molecule has 2 N–H and O–H groups in total. The zero-order valence-corrected chi connectivity index (χ0v) is 12.3. The van der Waals surface area contributed by atoms with Gasteiger partial charge in [0, 0.05) is 0 Å². The molecular formula is C17H26FN. The summed E-state index contributed by atoms with van der Waals surface area (Å²) in [6.45, 7) is 4.84. The minimum Gasteiger partial charge on any atom is -0.330 e. The van der Waals surface area contributed by atoms with Crippen LogP contribution >= 0.6 is 0 Å². The molecule has 1 aliphatic rings. The predicted octanol–water partition coefficient (Wildman–Crippen LogP) is 4.28. The molecule has 0 spiro atoms. The van der Waals surface area contributed by atoms with E-state index in [2.05, 4.69) is 0 Å². The number of halogens is 1. The summed E-state index contributed by atoms with van der Waals surface area (Å²) in [6.07, 6.45) is 8.76. The summed E-state index contributed by atoms with van der Waals surface area (Å²) in [6, 6.07) is 3.32. The number of rotatable bonds is 5. The third kappa shape index (κ3) is 3.36. The first-order valence-electron chi connectivity index (χ1n) is 7.52. The van der Waals surface area contributed by atoms with Gasteiger partial charge in [0.2, 0.25) is 0 Å². The Labute approximate surface area is 116 Å². The fraction of sp³-hybridized carbons (Fsp3) is 0.647. The van der Waals surface area contributed by atoms with Gasteiger partial charge in [0.05, 0.1) is 0 Å². The molecule has 2 rings (SSSR count). The average molecular weight is 263 g/mol.